The fourth-order valence-corrected chi connectivity index (χ4v) is 4.01. The van der Waals surface area contributed by atoms with Crippen LogP contribution in [0, 0.1) is 5.82 Å². The van der Waals surface area contributed by atoms with Crippen molar-refractivity contribution in [2.45, 2.75) is 6.54 Å². The zero-order chi connectivity index (χ0) is 27.4. The molecule has 1 N–H and O–H groups in total. The summed E-state index contributed by atoms with van der Waals surface area (Å²) in [5.74, 6) is -0.0197. The number of nitrogens with zero attached hydrogens (tertiary/aromatic N) is 1. The molecule has 0 bridgehead atoms. The van der Waals surface area contributed by atoms with E-state index >= 15 is 0 Å². The summed E-state index contributed by atoms with van der Waals surface area (Å²) in [6, 6.07) is 12.8. The summed E-state index contributed by atoms with van der Waals surface area (Å²) in [6.07, 6.45) is 1.31. The first kappa shape index (κ1) is 26.2. The van der Waals surface area contributed by atoms with E-state index in [1.54, 1.807) is 24.3 Å². The summed E-state index contributed by atoms with van der Waals surface area (Å²) in [5, 5.41) is 2.92. The minimum atomic E-state index is -0.613. The molecule has 1 heterocycles. The van der Waals surface area contributed by atoms with Crippen LogP contribution in [0.4, 0.5) is 10.1 Å². The molecule has 196 valence electrons. The quantitative estimate of drug-likeness (QED) is 0.332. The summed E-state index contributed by atoms with van der Waals surface area (Å²) in [5.41, 5.74) is 0.128. The average molecular weight is 521 g/mol. The molecule has 0 saturated carbocycles. The molecule has 3 aromatic carbocycles. The van der Waals surface area contributed by atoms with Gasteiger partial charge < -0.3 is 28.8 Å². The molecule has 0 aliphatic carbocycles. The number of benzene rings is 3. The first-order chi connectivity index (χ1) is 18.3. The lowest BCUT2D eigenvalue weighted by molar-refractivity contribution is -0.116. The third-order valence-corrected chi connectivity index (χ3v) is 5.93. The first-order valence-electron chi connectivity index (χ1n) is 11.4. The minimum absolute atomic E-state index is 0.127. The Morgan fingerprint density at radius 2 is 1.50 bits per heavy atom. The molecule has 4 aromatic rings. The van der Waals surface area contributed by atoms with Gasteiger partial charge >= 0.3 is 0 Å². The fraction of sp³-hybridized carbons (Fsp3) is 0.179. The van der Waals surface area contributed by atoms with E-state index < -0.39 is 22.9 Å². The second-order valence-electron chi connectivity index (χ2n) is 8.17. The number of ether oxygens (including phenoxy) is 4. The second-order valence-corrected chi connectivity index (χ2v) is 8.17. The van der Waals surface area contributed by atoms with Crippen LogP contribution in [0.15, 0.2) is 65.6 Å². The fourth-order valence-electron chi connectivity index (χ4n) is 4.01. The maximum absolute atomic E-state index is 13.4. The zero-order valence-electron chi connectivity index (χ0n) is 21.2. The van der Waals surface area contributed by atoms with Gasteiger partial charge in [-0.3, -0.25) is 14.4 Å². The number of hydrogen-bond acceptors (Lipinski definition) is 7. The van der Waals surface area contributed by atoms with Gasteiger partial charge in [0.15, 0.2) is 17.3 Å². The van der Waals surface area contributed by atoms with E-state index in [2.05, 4.69) is 5.32 Å². The van der Waals surface area contributed by atoms with E-state index in [1.165, 1.54) is 57.4 Å². The first-order valence-corrected chi connectivity index (χ1v) is 11.4. The van der Waals surface area contributed by atoms with E-state index in [0.717, 1.165) is 12.1 Å². The van der Waals surface area contributed by atoms with Gasteiger partial charge in [-0.05, 0) is 42.5 Å². The highest BCUT2D eigenvalue weighted by atomic mass is 19.1. The van der Waals surface area contributed by atoms with Gasteiger partial charge in [0.25, 0.3) is 0 Å². The van der Waals surface area contributed by atoms with Crippen molar-refractivity contribution >= 4 is 28.3 Å². The van der Waals surface area contributed by atoms with Crippen molar-refractivity contribution in [3.63, 3.8) is 0 Å². The molecule has 0 aliphatic heterocycles. The van der Waals surface area contributed by atoms with Crippen molar-refractivity contribution in [1.82, 2.24) is 4.57 Å². The molecule has 1 aromatic heterocycles. The van der Waals surface area contributed by atoms with Gasteiger partial charge in [-0.1, -0.05) is 0 Å². The Morgan fingerprint density at radius 3 is 2.13 bits per heavy atom. The van der Waals surface area contributed by atoms with Gasteiger partial charge in [-0.25, -0.2) is 4.39 Å². The number of amides is 1. The lowest BCUT2D eigenvalue weighted by atomic mass is 10.0. The lowest BCUT2D eigenvalue weighted by Crippen LogP contribution is -2.24. The monoisotopic (exact) mass is 520 g/mol. The van der Waals surface area contributed by atoms with Gasteiger partial charge in [-0.2, -0.15) is 0 Å². The molecule has 1 amide bonds. The number of nitrogens with one attached hydrogen (secondary N) is 1. The molecule has 4 rings (SSSR count). The minimum Gasteiger partial charge on any atom is -0.497 e. The van der Waals surface area contributed by atoms with Crippen LogP contribution in [0.1, 0.15) is 15.9 Å². The van der Waals surface area contributed by atoms with Gasteiger partial charge in [0, 0.05) is 23.9 Å². The number of anilines is 1. The zero-order valence-corrected chi connectivity index (χ0v) is 21.2. The number of ketones is 1. The number of halogens is 1. The number of rotatable bonds is 9. The normalized spacial score (nSPS) is 10.7. The lowest BCUT2D eigenvalue weighted by Gasteiger charge is -2.17. The van der Waals surface area contributed by atoms with Crippen molar-refractivity contribution in [1.29, 1.82) is 0 Å². The van der Waals surface area contributed by atoms with Crippen LogP contribution in [0.25, 0.3) is 10.9 Å². The molecule has 38 heavy (non-hydrogen) atoms. The van der Waals surface area contributed by atoms with Gasteiger partial charge in [0.05, 0.1) is 50.6 Å². The Morgan fingerprint density at radius 1 is 0.842 bits per heavy atom. The van der Waals surface area contributed by atoms with Crippen LogP contribution in [0.3, 0.4) is 0 Å². The van der Waals surface area contributed by atoms with Crippen LogP contribution < -0.4 is 29.7 Å². The van der Waals surface area contributed by atoms with Crippen molar-refractivity contribution in [3.8, 4) is 23.0 Å². The molecule has 0 atom stereocenters. The van der Waals surface area contributed by atoms with Crippen LogP contribution in [0.2, 0.25) is 0 Å². The number of methoxy groups -OCH3 is 4. The van der Waals surface area contributed by atoms with Gasteiger partial charge in [-0.15, -0.1) is 0 Å². The molecule has 0 unspecified atom stereocenters. The smallest absolute Gasteiger partial charge is 0.244 e. The van der Waals surface area contributed by atoms with Crippen molar-refractivity contribution in [2.24, 2.45) is 0 Å². The molecule has 0 aliphatic rings. The SMILES string of the molecule is COc1ccc(NC(=O)Cn2cc(C(=O)c3ccc(F)cc3)c(=O)c3cc(OC)c(OC)cc32)c(OC)c1. The number of hydrogen-bond donors (Lipinski definition) is 1. The highest BCUT2D eigenvalue weighted by Gasteiger charge is 2.21. The van der Waals surface area contributed by atoms with E-state index in [4.69, 9.17) is 18.9 Å². The molecule has 0 spiro atoms. The number of carbonyl (C=O) groups is 2. The Bertz CT molecular complexity index is 1580. The van der Waals surface area contributed by atoms with Gasteiger partial charge in [0.1, 0.15) is 23.9 Å². The molecular weight excluding hydrogens is 495 g/mol. The van der Waals surface area contributed by atoms with Crippen molar-refractivity contribution in [2.75, 3.05) is 33.8 Å². The maximum Gasteiger partial charge on any atom is 0.244 e. The Kier molecular flexibility index (Phi) is 7.61. The van der Waals surface area contributed by atoms with Crippen molar-refractivity contribution < 1.29 is 32.9 Å². The Hall–Kier alpha value is -4.86. The highest BCUT2D eigenvalue weighted by Crippen LogP contribution is 2.32. The Labute approximate surface area is 217 Å². The summed E-state index contributed by atoms with van der Waals surface area (Å²) in [7, 11) is 5.85. The number of fused-ring (bicyclic) bond motifs is 1. The topological polar surface area (TPSA) is 105 Å². The summed E-state index contributed by atoms with van der Waals surface area (Å²) >= 11 is 0. The third kappa shape index (κ3) is 5.15. The molecule has 9 nitrogen and oxygen atoms in total. The molecule has 0 radical (unpaired) electrons. The number of carbonyl (C=O) groups excluding carboxylic acids is 2. The number of pyridine rings is 1. The van der Waals surface area contributed by atoms with Crippen LogP contribution in [0.5, 0.6) is 23.0 Å². The van der Waals surface area contributed by atoms with Gasteiger partial charge in [0.2, 0.25) is 11.3 Å². The van der Waals surface area contributed by atoms with E-state index in [-0.39, 0.29) is 28.8 Å². The van der Waals surface area contributed by atoms with Crippen LogP contribution >= 0.6 is 0 Å². The molecule has 10 heteroatoms. The third-order valence-electron chi connectivity index (χ3n) is 5.93. The van der Waals surface area contributed by atoms with Crippen molar-refractivity contribution in [3.05, 3.63) is 88.0 Å². The standard InChI is InChI=1S/C28H25FN2O7/c1-35-18-9-10-21(23(11-18)36-2)30-26(32)15-31-14-20(27(33)16-5-7-17(29)8-6-16)28(34)19-12-24(37-3)25(38-4)13-22(19)31/h5-14H,15H2,1-4H3,(H,30,32). The second kappa shape index (κ2) is 11.0. The van der Waals surface area contributed by atoms with E-state index in [9.17, 15) is 18.8 Å². The maximum atomic E-state index is 13.4. The number of aromatic nitrogens is 1. The van der Waals surface area contributed by atoms with E-state index in [0.29, 0.717) is 28.5 Å². The molecule has 0 fully saturated rings. The average Bonchev–Trinajstić information content (AvgIpc) is 2.94. The molecule has 0 saturated heterocycles. The summed E-state index contributed by atoms with van der Waals surface area (Å²) in [6.45, 7) is -0.259. The predicted octanol–water partition coefficient (Wildman–Crippen LogP) is 4.04. The van der Waals surface area contributed by atoms with Crippen LogP contribution in [-0.4, -0.2) is 44.7 Å². The predicted molar refractivity (Wildman–Crippen MR) is 139 cm³/mol. The molecular formula is C28H25FN2O7. The summed E-state index contributed by atoms with van der Waals surface area (Å²) < 4.78 is 36.1. The van der Waals surface area contributed by atoms with E-state index in [1.807, 2.05) is 0 Å². The largest absolute Gasteiger partial charge is 0.497 e. The highest BCUT2D eigenvalue weighted by molar-refractivity contribution is 6.10. The Balaban J connectivity index is 1.81. The van der Waals surface area contributed by atoms with Crippen LogP contribution in [-0.2, 0) is 11.3 Å². The summed E-state index contributed by atoms with van der Waals surface area (Å²) in [4.78, 5) is 39.8.